The van der Waals surface area contributed by atoms with Crippen LogP contribution in [0.15, 0.2) is 72.5 Å². The fourth-order valence-electron chi connectivity index (χ4n) is 7.41. The number of hydrogen-bond acceptors (Lipinski definition) is 9. The number of nitro benzene ring substituents is 1. The van der Waals surface area contributed by atoms with Crippen molar-refractivity contribution in [1.82, 2.24) is 9.80 Å². The van der Waals surface area contributed by atoms with Gasteiger partial charge in [-0.2, -0.15) is 0 Å². The molecule has 3 aliphatic rings. The molecule has 15 heteroatoms. The first kappa shape index (κ1) is 39.6. The van der Waals surface area contributed by atoms with Crippen molar-refractivity contribution in [2.45, 2.75) is 31.3 Å². The lowest BCUT2D eigenvalue weighted by Gasteiger charge is -2.38. The van der Waals surface area contributed by atoms with Gasteiger partial charge in [0.25, 0.3) is 5.69 Å². The Bertz CT molecular complexity index is 1880. The van der Waals surface area contributed by atoms with Crippen LogP contribution in [0, 0.1) is 26.1 Å². The molecule has 0 fully saturated rings. The van der Waals surface area contributed by atoms with Gasteiger partial charge in [-0.15, -0.1) is 0 Å². The van der Waals surface area contributed by atoms with Gasteiger partial charge < -0.3 is 14.2 Å². The Hall–Kier alpha value is -3.10. The van der Waals surface area contributed by atoms with E-state index < -0.39 is 0 Å². The zero-order chi connectivity index (χ0) is 37.5. The molecule has 0 saturated heterocycles. The van der Waals surface area contributed by atoms with E-state index in [-0.39, 0.29) is 39.0 Å². The van der Waals surface area contributed by atoms with Gasteiger partial charge in [-0.3, -0.25) is 30.0 Å². The number of rotatable bonds is 16. The first-order valence-corrected chi connectivity index (χ1v) is 19.0. The zero-order valence-electron chi connectivity index (χ0n) is 28.9. The van der Waals surface area contributed by atoms with Crippen LogP contribution < -0.4 is 0 Å². The van der Waals surface area contributed by atoms with Gasteiger partial charge in [-0.05, 0) is 58.0 Å². The predicted octanol–water partition coefficient (Wildman–Crippen LogP) is 8.54. The minimum Gasteiger partial charge on any atom is -0.378 e. The molecule has 2 heterocycles. The summed E-state index contributed by atoms with van der Waals surface area (Å²) in [6.07, 6.45) is 5.72. The molecular formula is C38H40Cl4N4O7. The molecule has 1 aliphatic carbocycles. The van der Waals surface area contributed by atoms with Crippen LogP contribution in [0.1, 0.15) is 46.1 Å². The van der Waals surface area contributed by atoms with E-state index in [4.69, 9.17) is 60.6 Å². The topological polar surface area (TPSA) is 120 Å². The number of nitrogens with zero attached hydrogens (tertiary/aromatic N) is 4. The van der Waals surface area contributed by atoms with Crippen molar-refractivity contribution in [2.24, 2.45) is 5.92 Å². The van der Waals surface area contributed by atoms with E-state index in [1.54, 1.807) is 36.4 Å². The highest BCUT2D eigenvalue weighted by Crippen LogP contribution is 2.43. The molecule has 3 unspecified atom stereocenters. The van der Waals surface area contributed by atoms with Crippen molar-refractivity contribution in [3.8, 4) is 0 Å². The van der Waals surface area contributed by atoms with Gasteiger partial charge in [-0.25, -0.2) is 0 Å². The number of halogens is 4. The largest absolute Gasteiger partial charge is 0.378 e. The minimum absolute atomic E-state index is 0.00933. The Morgan fingerprint density at radius 1 is 0.717 bits per heavy atom. The van der Waals surface area contributed by atoms with E-state index in [2.05, 4.69) is 9.80 Å². The molecule has 0 saturated carbocycles. The molecule has 282 valence electrons. The summed E-state index contributed by atoms with van der Waals surface area (Å²) in [5.74, 6) is -0.159. The lowest BCUT2D eigenvalue weighted by atomic mass is 9.77. The smallest absolute Gasteiger partial charge is 0.269 e. The molecule has 3 aromatic carbocycles. The van der Waals surface area contributed by atoms with Gasteiger partial charge >= 0.3 is 0 Å². The summed E-state index contributed by atoms with van der Waals surface area (Å²) >= 11 is 26.0. The van der Waals surface area contributed by atoms with Gasteiger partial charge in [0, 0.05) is 95.8 Å². The molecule has 0 N–H and O–H groups in total. The van der Waals surface area contributed by atoms with Crippen molar-refractivity contribution >= 4 is 52.1 Å². The Morgan fingerprint density at radius 3 is 1.92 bits per heavy atom. The molecule has 0 amide bonds. The van der Waals surface area contributed by atoms with Crippen LogP contribution >= 0.6 is 46.4 Å². The summed E-state index contributed by atoms with van der Waals surface area (Å²) in [5, 5.41) is 25.2. The number of fused-ring (bicyclic) bond motifs is 2. The van der Waals surface area contributed by atoms with Crippen molar-refractivity contribution in [3.63, 3.8) is 0 Å². The SMILES string of the molecule is O=[N+]([O-])C1=CC=CC(C2CN(CCOCCOCCOCCN3Cc4c(Cl)cc(Cl)cc4C(c4cccc([N+](=O)[O-])c4)C3)Cc3c(Cl)cc(Cl)cc32)C1. The number of nitro groups is 2. The molecule has 0 spiro atoms. The van der Waals surface area contributed by atoms with E-state index in [1.165, 1.54) is 6.07 Å². The standard InChI is InChI=1S/C38H40Cl4N4O7/c39-27-17-31-33(25-3-1-5-29(15-25)45(47)48)21-43(23-35(31)37(41)19-27)7-9-51-11-13-53-14-12-52-10-8-44-22-34(26-4-2-6-30(16-26)46(49)50)32-18-28(40)20-38(42)36(32)24-44/h1-6,15,17-20,26,33-34H,7-14,16,21-24H2. The van der Waals surface area contributed by atoms with Crippen LogP contribution in [0.5, 0.6) is 0 Å². The molecular weight excluding hydrogens is 766 g/mol. The summed E-state index contributed by atoms with van der Waals surface area (Å²) in [6.45, 7) is 6.65. The maximum Gasteiger partial charge on any atom is 0.269 e. The normalized spacial score (nSPS) is 20.2. The quantitative estimate of drug-likeness (QED) is 0.0797. The maximum absolute atomic E-state index is 11.5. The van der Waals surface area contributed by atoms with Crippen LogP contribution in [-0.2, 0) is 27.3 Å². The second-order valence-electron chi connectivity index (χ2n) is 13.4. The number of non-ortho nitro benzene ring substituents is 1. The highest BCUT2D eigenvalue weighted by Gasteiger charge is 2.35. The van der Waals surface area contributed by atoms with E-state index in [9.17, 15) is 20.2 Å². The van der Waals surface area contributed by atoms with Crippen LogP contribution in [0.25, 0.3) is 0 Å². The molecule has 3 atom stereocenters. The number of allylic oxidation sites excluding steroid dienone is 4. The van der Waals surface area contributed by atoms with Crippen molar-refractivity contribution < 1.29 is 24.1 Å². The molecule has 11 nitrogen and oxygen atoms in total. The zero-order valence-corrected chi connectivity index (χ0v) is 32.0. The molecule has 3 aromatic rings. The monoisotopic (exact) mass is 804 g/mol. The summed E-state index contributed by atoms with van der Waals surface area (Å²) in [6, 6.07) is 14.0. The van der Waals surface area contributed by atoms with Gasteiger partial charge in [-0.1, -0.05) is 70.7 Å². The van der Waals surface area contributed by atoms with Crippen LogP contribution in [0.3, 0.4) is 0 Å². The summed E-state index contributed by atoms with van der Waals surface area (Å²) in [7, 11) is 0. The molecule has 2 aliphatic heterocycles. The third kappa shape index (κ3) is 10.2. The third-order valence-electron chi connectivity index (χ3n) is 10.00. The van der Waals surface area contributed by atoms with Crippen LogP contribution in [0.4, 0.5) is 5.69 Å². The number of hydrogen-bond donors (Lipinski definition) is 0. The Morgan fingerprint density at radius 2 is 1.30 bits per heavy atom. The molecule has 0 bridgehead atoms. The molecule has 6 rings (SSSR count). The summed E-state index contributed by atoms with van der Waals surface area (Å²) < 4.78 is 17.5. The number of ether oxygens (including phenoxy) is 3. The van der Waals surface area contributed by atoms with E-state index in [1.807, 2.05) is 24.3 Å². The van der Waals surface area contributed by atoms with Crippen molar-refractivity contribution in [2.75, 3.05) is 65.8 Å². The maximum atomic E-state index is 11.5. The Labute approximate surface area is 328 Å². The van der Waals surface area contributed by atoms with E-state index in [0.717, 1.165) is 27.8 Å². The fraction of sp³-hybridized carbons (Fsp3) is 0.421. The first-order valence-electron chi connectivity index (χ1n) is 17.5. The predicted molar refractivity (Wildman–Crippen MR) is 206 cm³/mol. The summed E-state index contributed by atoms with van der Waals surface area (Å²) in [5.41, 5.74) is 5.09. The average Bonchev–Trinajstić information content (AvgIpc) is 3.13. The van der Waals surface area contributed by atoms with E-state index in [0.29, 0.717) is 105 Å². The first-order chi connectivity index (χ1) is 25.6. The van der Waals surface area contributed by atoms with Crippen molar-refractivity contribution in [1.29, 1.82) is 0 Å². The highest BCUT2D eigenvalue weighted by atomic mass is 35.5. The second-order valence-corrected chi connectivity index (χ2v) is 15.1. The van der Waals surface area contributed by atoms with E-state index >= 15 is 0 Å². The van der Waals surface area contributed by atoms with Gasteiger partial charge in [0.05, 0.1) is 49.5 Å². The fourth-order valence-corrected chi connectivity index (χ4v) is 8.54. The average molecular weight is 807 g/mol. The summed E-state index contributed by atoms with van der Waals surface area (Å²) in [4.78, 5) is 26.8. The Balaban J connectivity index is 0.905. The van der Waals surface area contributed by atoms with Crippen molar-refractivity contribution in [3.05, 3.63) is 141 Å². The lowest BCUT2D eigenvalue weighted by molar-refractivity contribution is -0.429. The van der Waals surface area contributed by atoms with Crippen LogP contribution in [-0.4, -0.2) is 85.5 Å². The second kappa shape index (κ2) is 18.5. The molecule has 53 heavy (non-hydrogen) atoms. The third-order valence-corrected chi connectivity index (χ3v) is 11.1. The molecule has 0 aromatic heterocycles. The molecule has 0 radical (unpaired) electrons. The number of benzene rings is 3. The minimum atomic E-state index is -0.386. The highest BCUT2D eigenvalue weighted by molar-refractivity contribution is 6.35. The Kier molecular flexibility index (Phi) is 13.8. The lowest BCUT2D eigenvalue weighted by Crippen LogP contribution is -2.39. The van der Waals surface area contributed by atoms with Crippen LogP contribution in [0.2, 0.25) is 20.1 Å². The van der Waals surface area contributed by atoms with Gasteiger partial charge in [0.2, 0.25) is 5.70 Å². The van der Waals surface area contributed by atoms with Gasteiger partial charge in [0.15, 0.2) is 0 Å². The van der Waals surface area contributed by atoms with Gasteiger partial charge in [0.1, 0.15) is 0 Å².